The van der Waals surface area contributed by atoms with Crippen LogP contribution in [0.3, 0.4) is 0 Å². The topological polar surface area (TPSA) is 109 Å². The number of rotatable bonds is 7. The lowest BCUT2D eigenvalue weighted by Gasteiger charge is -2.37. The van der Waals surface area contributed by atoms with E-state index in [9.17, 15) is 14.7 Å². The fourth-order valence-electron chi connectivity index (χ4n) is 4.82. The molecule has 0 atom stereocenters. The van der Waals surface area contributed by atoms with Crippen molar-refractivity contribution in [2.24, 2.45) is 0 Å². The van der Waals surface area contributed by atoms with E-state index in [1.807, 2.05) is 42.5 Å². The van der Waals surface area contributed by atoms with Gasteiger partial charge in [0, 0.05) is 28.5 Å². The number of imide groups is 1. The van der Waals surface area contributed by atoms with E-state index < -0.39 is 25.9 Å². The van der Waals surface area contributed by atoms with Crippen LogP contribution in [0.25, 0.3) is 27.8 Å². The molecule has 1 aliphatic heterocycles. The van der Waals surface area contributed by atoms with Gasteiger partial charge in [0.1, 0.15) is 11.4 Å². The summed E-state index contributed by atoms with van der Waals surface area (Å²) in [6, 6.07) is 16.9. The maximum atomic E-state index is 13.6. The molecule has 0 radical (unpaired) electrons. The monoisotopic (exact) mass is 674 g/mol. The van der Waals surface area contributed by atoms with Crippen LogP contribution in [0.5, 0.6) is 11.5 Å². The van der Waals surface area contributed by atoms with Crippen molar-refractivity contribution < 1.29 is 28.6 Å². The van der Waals surface area contributed by atoms with Crippen molar-refractivity contribution in [3.8, 4) is 33.8 Å². The molecule has 248 valence electrons. The van der Waals surface area contributed by atoms with E-state index in [0.29, 0.717) is 27.6 Å². The lowest BCUT2D eigenvalue weighted by molar-refractivity contribution is -0.112. The molecule has 4 rings (SSSR count). The molecule has 2 N–H and O–H groups in total. The quantitative estimate of drug-likeness (QED) is 0.112. The van der Waals surface area contributed by atoms with Crippen LogP contribution in [-0.2, 0) is 9.53 Å². The number of anilines is 1. The number of allylic oxidation sites excluding steroid dienone is 2. The first-order valence-electron chi connectivity index (χ1n) is 15.3. The maximum absolute atomic E-state index is 13.6. The van der Waals surface area contributed by atoms with Crippen LogP contribution in [0.4, 0.5) is 10.5 Å². The normalized spacial score (nSPS) is 14.7. The molecule has 0 spiro atoms. The van der Waals surface area contributed by atoms with Crippen LogP contribution in [0.15, 0.2) is 72.5 Å². The zero-order valence-corrected chi connectivity index (χ0v) is 30.4. The second-order valence-corrected chi connectivity index (χ2v) is 19.2. The molecule has 0 saturated carbocycles. The first kappa shape index (κ1) is 35.5. The number of methoxy groups -OCH3 is 1. The van der Waals surface area contributed by atoms with E-state index >= 15 is 0 Å². The Kier molecular flexibility index (Phi) is 9.85. The molecule has 0 aromatic heterocycles. The van der Waals surface area contributed by atoms with Crippen molar-refractivity contribution in [2.75, 3.05) is 12.0 Å². The molecule has 0 aliphatic carbocycles. The molecule has 0 unspecified atom stereocenters. The SMILES string of the molecule is COc1cccc(-c2ccc(-c3cc4c(cc3Cl)N(C(=O)OC(C)(C)C)C(=O)C4=CC(O)=CC(C)=N)cc2)c1O[Si](C)(C)C(C)(C)C. The van der Waals surface area contributed by atoms with Crippen LogP contribution in [0.2, 0.25) is 23.2 Å². The third kappa shape index (κ3) is 7.63. The average molecular weight is 675 g/mol. The second-order valence-electron chi connectivity index (χ2n) is 14.1. The van der Waals surface area contributed by atoms with Gasteiger partial charge < -0.3 is 24.4 Å². The van der Waals surface area contributed by atoms with Crippen molar-refractivity contribution in [3.63, 3.8) is 0 Å². The molecular weight excluding hydrogens is 632 g/mol. The summed E-state index contributed by atoms with van der Waals surface area (Å²) in [5.74, 6) is 0.390. The molecule has 8 nitrogen and oxygen atoms in total. The standard InChI is InChI=1S/C37H43ClN2O6Si/c1-22(39)18-25(41)19-29-28-20-27(30(38)21-31(28)40(34(29)42)35(43)45-36(2,3)4)24-16-14-23(15-17-24)26-12-11-13-32(44-8)33(26)46-47(9,10)37(5,6)7/h11-21,39,41H,1-10H3. The number of aliphatic hydroxyl groups excluding tert-OH is 1. The predicted molar refractivity (Wildman–Crippen MR) is 193 cm³/mol. The number of hydrogen-bond donors (Lipinski definition) is 2. The van der Waals surface area contributed by atoms with E-state index in [-0.39, 0.29) is 27.8 Å². The Bertz CT molecular complexity index is 1800. The van der Waals surface area contributed by atoms with Gasteiger partial charge in [-0.05, 0) is 81.2 Å². The molecule has 47 heavy (non-hydrogen) atoms. The summed E-state index contributed by atoms with van der Waals surface area (Å²) in [5, 5.41) is 18.5. The fourth-order valence-corrected chi connectivity index (χ4v) is 6.11. The Morgan fingerprint density at radius 2 is 1.55 bits per heavy atom. The van der Waals surface area contributed by atoms with Crippen LogP contribution >= 0.6 is 11.6 Å². The predicted octanol–water partition coefficient (Wildman–Crippen LogP) is 10.2. The van der Waals surface area contributed by atoms with Gasteiger partial charge in [-0.1, -0.05) is 68.8 Å². The molecule has 2 amide bonds. The molecule has 10 heteroatoms. The first-order valence-corrected chi connectivity index (χ1v) is 18.6. The highest BCUT2D eigenvalue weighted by Gasteiger charge is 2.41. The average Bonchev–Trinajstić information content (AvgIpc) is 3.20. The third-order valence-corrected chi connectivity index (χ3v) is 12.8. The van der Waals surface area contributed by atoms with Gasteiger partial charge in [0.2, 0.25) is 0 Å². The molecule has 0 fully saturated rings. The van der Waals surface area contributed by atoms with Crippen molar-refractivity contribution >= 4 is 48.9 Å². The largest absolute Gasteiger partial charge is 0.541 e. The lowest BCUT2D eigenvalue weighted by atomic mass is 9.96. The number of nitrogens with zero attached hydrogens (tertiary/aromatic N) is 1. The highest BCUT2D eigenvalue weighted by Crippen LogP contribution is 2.46. The zero-order valence-electron chi connectivity index (χ0n) is 28.7. The number of hydrogen-bond acceptors (Lipinski definition) is 7. The molecule has 0 saturated heterocycles. The van der Waals surface area contributed by atoms with Crippen LogP contribution in [-0.4, -0.2) is 43.8 Å². The molecule has 1 aliphatic rings. The second kappa shape index (κ2) is 13.0. The fraction of sp³-hybridized carbons (Fsp3) is 0.324. The summed E-state index contributed by atoms with van der Waals surface area (Å²) in [5.41, 5.74) is 3.15. The number of aliphatic hydroxyl groups is 1. The highest BCUT2D eigenvalue weighted by molar-refractivity contribution is 6.74. The van der Waals surface area contributed by atoms with Crippen LogP contribution in [0, 0.1) is 5.41 Å². The summed E-state index contributed by atoms with van der Waals surface area (Å²) in [7, 11) is -0.565. The van der Waals surface area contributed by atoms with Gasteiger partial charge in [0.15, 0.2) is 11.5 Å². The molecular formula is C37H43ClN2O6Si. The molecule has 3 aromatic rings. The van der Waals surface area contributed by atoms with Gasteiger partial charge in [-0.3, -0.25) is 4.79 Å². The summed E-state index contributed by atoms with van der Waals surface area (Å²) in [4.78, 5) is 27.7. The first-order chi connectivity index (χ1) is 21.7. The Balaban J connectivity index is 1.82. The van der Waals surface area contributed by atoms with Gasteiger partial charge in [-0.2, -0.15) is 0 Å². The van der Waals surface area contributed by atoms with Crippen LogP contribution in [0.1, 0.15) is 54.0 Å². The minimum atomic E-state index is -2.20. The van der Waals surface area contributed by atoms with Crippen LogP contribution < -0.4 is 14.1 Å². The number of fused-ring (bicyclic) bond motifs is 1. The lowest BCUT2D eigenvalue weighted by Crippen LogP contribution is -2.44. The van der Waals surface area contributed by atoms with Crippen molar-refractivity contribution in [1.82, 2.24) is 0 Å². The smallest absolute Gasteiger partial charge is 0.422 e. The van der Waals surface area contributed by atoms with Gasteiger partial charge in [-0.25, -0.2) is 9.69 Å². The summed E-state index contributed by atoms with van der Waals surface area (Å²) < 4.78 is 18.0. The van der Waals surface area contributed by atoms with Gasteiger partial charge >= 0.3 is 6.09 Å². The van der Waals surface area contributed by atoms with Crippen molar-refractivity contribution in [1.29, 1.82) is 5.41 Å². The molecule has 1 heterocycles. The van der Waals surface area contributed by atoms with E-state index in [1.54, 1.807) is 40.0 Å². The minimum Gasteiger partial charge on any atom is -0.541 e. The highest BCUT2D eigenvalue weighted by atomic mass is 35.5. The maximum Gasteiger partial charge on any atom is 0.422 e. The number of benzene rings is 3. The van der Waals surface area contributed by atoms with E-state index in [1.165, 1.54) is 19.1 Å². The number of carbonyl (C=O) groups is 2. The van der Waals surface area contributed by atoms with Gasteiger partial charge in [0.25, 0.3) is 14.2 Å². The van der Waals surface area contributed by atoms with E-state index in [4.69, 9.17) is 30.9 Å². The Labute approximate surface area is 283 Å². The Morgan fingerprint density at radius 1 is 0.957 bits per heavy atom. The summed E-state index contributed by atoms with van der Waals surface area (Å²) >= 11 is 6.82. The van der Waals surface area contributed by atoms with Crippen molar-refractivity contribution in [3.05, 3.63) is 83.1 Å². The number of nitrogens with one attached hydrogen (secondary N) is 1. The van der Waals surface area contributed by atoms with Crippen molar-refractivity contribution in [2.45, 2.75) is 72.2 Å². The Morgan fingerprint density at radius 3 is 2.09 bits per heavy atom. The molecule has 3 aromatic carbocycles. The van der Waals surface area contributed by atoms with E-state index in [0.717, 1.165) is 21.6 Å². The third-order valence-electron chi connectivity index (χ3n) is 8.15. The summed E-state index contributed by atoms with van der Waals surface area (Å²) in [6.07, 6.45) is 1.60. The van der Waals surface area contributed by atoms with E-state index in [2.05, 4.69) is 33.9 Å². The number of ether oxygens (including phenoxy) is 2. The Hall–Kier alpha value is -4.34. The van der Waals surface area contributed by atoms with Gasteiger partial charge in [0.05, 0.1) is 23.4 Å². The molecule has 0 bridgehead atoms. The number of halogens is 1. The zero-order chi connectivity index (χ0) is 35.1. The number of carbonyl (C=O) groups excluding carboxylic acids is 2. The minimum absolute atomic E-state index is 0.0160. The summed E-state index contributed by atoms with van der Waals surface area (Å²) in [6.45, 7) is 17.6. The number of amides is 2. The van der Waals surface area contributed by atoms with Gasteiger partial charge in [-0.15, -0.1) is 0 Å². The number of para-hydroxylation sites is 1.